The van der Waals surface area contributed by atoms with Crippen LogP contribution in [0.25, 0.3) is 0 Å². The average Bonchev–Trinajstić information content (AvgIpc) is 2.83. The highest BCUT2D eigenvalue weighted by atomic mass is 127. The Balaban J connectivity index is 0.00000363. The van der Waals surface area contributed by atoms with E-state index in [0.29, 0.717) is 18.6 Å². The number of halogens is 1. The van der Waals surface area contributed by atoms with Gasteiger partial charge >= 0.3 is 0 Å². The Morgan fingerprint density at radius 2 is 1.75 bits per heavy atom. The number of hydrogen-bond acceptors (Lipinski definition) is 5. The van der Waals surface area contributed by atoms with E-state index < -0.39 is 0 Å². The summed E-state index contributed by atoms with van der Waals surface area (Å²) in [6.07, 6.45) is 5.51. The molecule has 0 aliphatic carbocycles. The van der Waals surface area contributed by atoms with Crippen LogP contribution in [0.15, 0.2) is 29.3 Å². The van der Waals surface area contributed by atoms with Gasteiger partial charge in [-0.2, -0.15) is 0 Å². The van der Waals surface area contributed by atoms with Gasteiger partial charge in [0.1, 0.15) is 0 Å². The van der Waals surface area contributed by atoms with Crippen molar-refractivity contribution in [3.05, 3.63) is 35.4 Å². The van der Waals surface area contributed by atoms with Gasteiger partial charge in [-0.25, -0.2) is 0 Å². The number of guanidine groups is 1. The number of ether oxygens (including phenoxy) is 4. The molecule has 2 aliphatic rings. The van der Waals surface area contributed by atoms with Crippen LogP contribution in [0.5, 0.6) is 0 Å². The number of aliphatic imine (C=N–C) groups is 1. The zero-order chi connectivity index (χ0) is 21.6. The molecule has 1 aromatic rings. The van der Waals surface area contributed by atoms with Gasteiger partial charge in [0.15, 0.2) is 5.96 Å². The Bertz CT molecular complexity index is 650. The van der Waals surface area contributed by atoms with E-state index >= 15 is 0 Å². The molecule has 182 valence electrons. The van der Waals surface area contributed by atoms with Gasteiger partial charge in [-0.05, 0) is 49.1 Å². The molecule has 1 aromatic carbocycles. The standard InChI is InChI=1S/C24H39N3O4.HI/c1-25-24(26-10-3-11-30-18-20-6-12-28-13-7-20)27-17-21-4-2-5-22(16-21)19-31-23-8-14-29-15-9-23;/h2,4-5,16,20,23H,3,6-15,17-19H2,1H3,(H2,25,26,27);1H. The minimum absolute atomic E-state index is 0. The lowest BCUT2D eigenvalue weighted by Gasteiger charge is -2.22. The van der Waals surface area contributed by atoms with Crippen LogP contribution in [0.2, 0.25) is 0 Å². The third-order valence-corrected chi connectivity index (χ3v) is 5.78. The quantitative estimate of drug-likeness (QED) is 0.187. The molecular weight excluding hydrogens is 521 g/mol. The second-order valence-electron chi connectivity index (χ2n) is 8.28. The van der Waals surface area contributed by atoms with Crippen molar-refractivity contribution in [3.63, 3.8) is 0 Å². The molecule has 0 unspecified atom stereocenters. The van der Waals surface area contributed by atoms with Gasteiger partial charge in [0.25, 0.3) is 0 Å². The van der Waals surface area contributed by atoms with Gasteiger partial charge in [-0.15, -0.1) is 24.0 Å². The van der Waals surface area contributed by atoms with Gasteiger partial charge in [0.05, 0.1) is 12.7 Å². The molecule has 8 heteroatoms. The summed E-state index contributed by atoms with van der Waals surface area (Å²) in [6.45, 7) is 7.22. The number of nitrogens with one attached hydrogen (secondary N) is 2. The lowest BCUT2D eigenvalue weighted by molar-refractivity contribution is -0.0390. The smallest absolute Gasteiger partial charge is 0.191 e. The summed E-state index contributed by atoms with van der Waals surface area (Å²) in [7, 11) is 1.80. The van der Waals surface area contributed by atoms with Crippen molar-refractivity contribution in [2.24, 2.45) is 10.9 Å². The van der Waals surface area contributed by atoms with Crippen molar-refractivity contribution < 1.29 is 18.9 Å². The Hall–Kier alpha value is -0.940. The summed E-state index contributed by atoms with van der Waals surface area (Å²) in [5.74, 6) is 1.47. The molecule has 2 aliphatic heterocycles. The second kappa shape index (κ2) is 16.6. The van der Waals surface area contributed by atoms with Crippen LogP contribution in [0, 0.1) is 5.92 Å². The number of hydrogen-bond donors (Lipinski definition) is 2. The van der Waals surface area contributed by atoms with Crippen molar-refractivity contribution in [2.45, 2.75) is 51.4 Å². The van der Waals surface area contributed by atoms with Crippen molar-refractivity contribution in [1.29, 1.82) is 0 Å². The van der Waals surface area contributed by atoms with E-state index in [2.05, 4.69) is 39.9 Å². The summed E-state index contributed by atoms with van der Waals surface area (Å²) < 4.78 is 22.6. The predicted molar refractivity (Wildman–Crippen MR) is 138 cm³/mol. The molecule has 3 rings (SSSR count). The van der Waals surface area contributed by atoms with E-state index in [9.17, 15) is 0 Å². The number of benzene rings is 1. The zero-order valence-corrected chi connectivity index (χ0v) is 21.7. The molecule has 0 saturated carbocycles. The highest BCUT2D eigenvalue weighted by molar-refractivity contribution is 14.0. The summed E-state index contributed by atoms with van der Waals surface area (Å²) in [5.41, 5.74) is 2.42. The predicted octanol–water partition coefficient (Wildman–Crippen LogP) is 3.50. The largest absolute Gasteiger partial charge is 0.381 e. The molecule has 7 nitrogen and oxygen atoms in total. The van der Waals surface area contributed by atoms with Crippen molar-refractivity contribution >= 4 is 29.9 Å². The zero-order valence-electron chi connectivity index (χ0n) is 19.4. The van der Waals surface area contributed by atoms with Gasteiger partial charge < -0.3 is 29.6 Å². The van der Waals surface area contributed by atoms with Gasteiger partial charge in [-0.1, -0.05) is 24.3 Å². The fourth-order valence-electron chi connectivity index (χ4n) is 3.84. The maximum atomic E-state index is 6.04. The molecule has 0 bridgehead atoms. The average molecular weight is 562 g/mol. The molecule has 2 saturated heterocycles. The van der Waals surface area contributed by atoms with Crippen LogP contribution in [-0.2, 0) is 32.1 Å². The van der Waals surface area contributed by atoms with E-state index in [1.807, 2.05) is 0 Å². The van der Waals surface area contributed by atoms with E-state index in [0.717, 1.165) is 90.8 Å². The first kappa shape index (κ1) is 27.3. The summed E-state index contributed by atoms with van der Waals surface area (Å²) in [6, 6.07) is 8.54. The van der Waals surface area contributed by atoms with Gasteiger partial charge in [-0.3, -0.25) is 4.99 Å². The first-order valence-corrected chi connectivity index (χ1v) is 11.7. The van der Waals surface area contributed by atoms with Crippen LogP contribution in [0.3, 0.4) is 0 Å². The molecule has 2 N–H and O–H groups in total. The first-order chi connectivity index (χ1) is 15.3. The molecule has 0 spiro atoms. The first-order valence-electron chi connectivity index (χ1n) is 11.7. The van der Waals surface area contributed by atoms with E-state index in [1.165, 1.54) is 11.1 Å². The van der Waals surface area contributed by atoms with Crippen LogP contribution in [-0.4, -0.2) is 65.3 Å². The van der Waals surface area contributed by atoms with Crippen LogP contribution < -0.4 is 10.6 Å². The molecule has 2 heterocycles. The minimum atomic E-state index is 0. The Labute approximate surface area is 210 Å². The third kappa shape index (κ3) is 10.8. The van der Waals surface area contributed by atoms with Crippen molar-refractivity contribution in [3.8, 4) is 0 Å². The second-order valence-corrected chi connectivity index (χ2v) is 8.28. The Kier molecular flexibility index (Phi) is 14.2. The lowest BCUT2D eigenvalue weighted by atomic mass is 10.0. The van der Waals surface area contributed by atoms with E-state index in [1.54, 1.807) is 7.05 Å². The van der Waals surface area contributed by atoms with E-state index in [-0.39, 0.29) is 24.0 Å². The fourth-order valence-corrected chi connectivity index (χ4v) is 3.84. The van der Waals surface area contributed by atoms with E-state index in [4.69, 9.17) is 18.9 Å². The topological polar surface area (TPSA) is 73.3 Å². The SMILES string of the molecule is CN=C(NCCCOCC1CCOCC1)NCc1cccc(COC2CCOCC2)c1.I. The molecule has 0 aromatic heterocycles. The maximum absolute atomic E-state index is 6.04. The van der Waals surface area contributed by atoms with Crippen LogP contribution >= 0.6 is 24.0 Å². The molecule has 0 radical (unpaired) electrons. The molecule has 2 fully saturated rings. The highest BCUT2D eigenvalue weighted by Gasteiger charge is 2.14. The Morgan fingerprint density at radius 3 is 2.50 bits per heavy atom. The van der Waals surface area contributed by atoms with Crippen LogP contribution in [0.1, 0.15) is 43.2 Å². The molecule has 0 amide bonds. The van der Waals surface area contributed by atoms with Gasteiger partial charge in [0, 0.05) is 59.8 Å². The third-order valence-electron chi connectivity index (χ3n) is 5.78. The van der Waals surface area contributed by atoms with Gasteiger partial charge in [0.2, 0.25) is 0 Å². The lowest BCUT2D eigenvalue weighted by Crippen LogP contribution is -2.37. The molecule has 32 heavy (non-hydrogen) atoms. The molecule has 0 atom stereocenters. The number of nitrogens with zero attached hydrogens (tertiary/aromatic N) is 1. The summed E-state index contributed by atoms with van der Waals surface area (Å²) in [4.78, 5) is 4.32. The summed E-state index contributed by atoms with van der Waals surface area (Å²) >= 11 is 0. The number of rotatable bonds is 11. The molecular formula is C24H40IN3O4. The van der Waals surface area contributed by atoms with Crippen molar-refractivity contribution in [1.82, 2.24) is 10.6 Å². The fraction of sp³-hybridized carbons (Fsp3) is 0.708. The minimum Gasteiger partial charge on any atom is -0.381 e. The van der Waals surface area contributed by atoms with Crippen LogP contribution in [0.4, 0.5) is 0 Å². The monoisotopic (exact) mass is 561 g/mol. The summed E-state index contributed by atoms with van der Waals surface area (Å²) in [5, 5.41) is 6.75. The van der Waals surface area contributed by atoms with Crippen molar-refractivity contribution in [2.75, 3.05) is 53.2 Å². The highest BCUT2D eigenvalue weighted by Crippen LogP contribution is 2.15. The Morgan fingerprint density at radius 1 is 1.03 bits per heavy atom. The maximum Gasteiger partial charge on any atom is 0.191 e. The normalized spacial score (nSPS) is 18.2.